The third kappa shape index (κ3) is 4.58. The Morgan fingerprint density at radius 2 is 2.00 bits per heavy atom. The molecular weight excluding hydrogens is 208 g/mol. The summed E-state index contributed by atoms with van der Waals surface area (Å²) in [4.78, 5) is 8.53. The molecule has 13 heavy (non-hydrogen) atoms. The van der Waals surface area contributed by atoms with E-state index in [1.807, 2.05) is 0 Å². The molecule has 80 valence electrons. The van der Waals surface area contributed by atoms with Crippen molar-refractivity contribution >= 4 is 9.76 Å². The van der Waals surface area contributed by atoms with Gasteiger partial charge in [0.1, 0.15) is 0 Å². The van der Waals surface area contributed by atoms with Crippen LogP contribution in [0, 0.1) is 0 Å². The SMILES string of the molecule is CCC(C[SiH2]O)OC(F)(F)C(F)F. The highest BCUT2D eigenvalue weighted by Crippen LogP contribution is 2.27. The maximum absolute atomic E-state index is 12.3. The van der Waals surface area contributed by atoms with Crippen molar-refractivity contribution in [3.8, 4) is 0 Å². The predicted molar refractivity (Wildman–Crippen MR) is 41.7 cm³/mol. The van der Waals surface area contributed by atoms with E-state index in [2.05, 4.69) is 4.74 Å². The number of hydrogen-bond donors (Lipinski definition) is 1. The number of ether oxygens (including phenoxy) is 1. The smallest absolute Gasteiger partial charge is 0.416 e. The second-order valence-corrected chi connectivity index (χ2v) is 3.55. The van der Waals surface area contributed by atoms with Gasteiger partial charge in [-0.25, -0.2) is 8.78 Å². The average Bonchev–Trinajstić information content (AvgIpc) is 2.03. The highest BCUT2D eigenvalue weighted by Gasteiger charge is 2.43. The Hall–Kier alpha value is -0.143. The molecule has 1 N–H and O–H groups in total. The third-order valence-electron chi connectivity index (χ3n) is 1.48. The molecule has 0 aliphatic rings. The van der Waals surface area contributed by atoms with E-state index in [1.165, 1.54) is 6.92 Å². The molecule has 0 heterocycles. The summed E-state index contributed by atoms with van der Waals surface area (Å²) in [5.41, 5.74) is 0. The molecule has 0 bridgehead atoms. The van der Waals surface area contributed by atoms with E-state index >= 15 is 0 Å². The first-order valence-electron chi connectivity index (χ1n) is 3.88. The largest absolute Gasteiger partial charge is 0.438 e. The number of alkyl halides is 4. The number of rotatable bonds is 6. The standard InChI is InChI=1S/C6H12F4O2Si/c1-2-4(3-13-11)12-6(9,10)5(7)8/h4-5,11H,2-3,13H2,1H3. The Labute approximate surface area is 75.8 Å². The summed E-state index contributed by atoms with van der Waals surface area (Å²) in [6.45, 7) is 1.54. The first-order valence-corrected chi connectivity index (χ1v) is 5.52. The third-order valence-corrected chi connectivity index (χ3v) is 2.39. The lowest BCUT2D eigenvalue weighted by Gasteiger charge is -2.21. The summed E-state index contributed by atoms with van der Waals surface area (Å²) >= 11 is 0. The van der Waals surface area contributed by atoms with Gasteiger partial charge in [0.2, 0.25) is 0 Å². The van der Waals surface area contributed by atoms with E-state index in [0.717, 1.165) is 0 Å². The molecule has 0 aromatic carbocycles. The van der Waals surface area contributed by atoms with Gasteiger partial charge in [0, 0.05) is 0 Å². The van der Waals surface area contributed by atoms with Crippen LogP contribution >= 0.6 is 0 Å². The van der Waals surface area contributed by atoms with E-state index in [0.29, 0.717) is 0 Å². The molecule has 0 fully saturated rings. The summed E-state index contributed by atoms with van der Waals surface area (Å²) in [6, 6.07) is 0.0683. The van der Waals surface area contributed by atoms with E-state index in [4.69, 9.17) is 4.80 Å². The Bertz CT molecular complexity index is 145. The molecule has 2 nitrogen and oxygen atoms in total. The summed E-state index contributed by atoms with van der Waals surface area (Å²) in [5.74, 6) is 0. The quantitative estimate of drug-likeness (QED) is 0.537. The lowest BCUT2D eigenvalue weighted by molar-refractivity contribution is -0.316. The van der Waals surface area contributed by atoms with Gasteiger partial charge < -0.3 is 9.53 Å². The molecule has 0 spiro atoms. The summed E-state index contributed by atoms with van der Waals surface area (Å²) in [6.07, 6.45) is -9.00. The molecule has 0 aromatic heterocycles. The van der Waals surface area contributed by atoms with Crippen LogP contribution in [0.3, 0.4) is 0 Å². The van der Waals surface area contributed by atoms with Gasteiger partial charge in [0.15, 0.2) is 9.76 Å². The zero-order valence-electron chi connectivity index (χ0n) is 7.14. The van der Waals surface area contributed by atoms with Crippen LogP contribution in [0.15, 0.2) is 0 Å². The summed E-state index contributed by atoms with van der Waals surface area (Å²) in [7, 11) is -1.44. The second kappa shape index (κ2) is 5.56. The maximum Gasteiger partial charge on any atom is 0.416 e. The highest BCUT2D eigenvalue weighted by molar-refractivity contribution is 6.25. The molecule has 0 radical (unpaired) electrons. The van der Waals surface area contributed by atoms with Crippen LogP contribution in [0.4, 0.5) is 17.6 Å². The fraction of sp³-hybridized carbons (Fsp3) is 1.00. The van der Waals surface area contributed by atoms with E-state index in [-0.39, 0.29) is 12.5 Å². The van der Waals surface area contributed by atoms with Crippen LogP contribution in [-0.2, 0) is 4.74 Å². The van der Waals surface area contributed by atoms with Crippen LogP contribution in [0.25, 0.3) is 0 Å². The van der Waals surface area contributed by atoms with E-state index in [1.54, 1.807) is 0 Å². The lowest BCUT2D eigenvalue weighted by atomic mass is 10.3. The first-order chi connectivity index (χ1) is 5.94. The minimum Gasteiger partial charge on any atom is -0.438 e. The van der Waals surface area contributed by atoms with Gasteiger partial charge in [-0.15, -0.1) is 0 Å². The van der Waals surface area contributed by atoms with Crippen molar-refractivity contribution in [2.75, 3.05) is 0 Å². The molecular formula is C6H12F4O2Si. The van der Waals surface area contributed by atoms with Crippen molar-refractivity contribution in [1.29, 1.82) is 0 Å². The minimum atomic E-state index is -4.40. The van der Waals surface area contributed by atoms with Crippen LogP contribution in [0.1, 0.15) is 13.3 Å². The topological polar surface area (TPSA) is 29.5 Å². The molecule has 1 atom stereocenters. The fourth-order valence-corrected chi connectivity index (χ4v) is 1.58. The molecule has 1 unspecified atom stereocenters. The molecule has 0 amide bonds. The predicted octanol–water partition coefficient (Wildman–Crippen LogP) is 1.13. The van der Waals surface area contributed by atoms with E-state index < -0.39 is 28.4 Å². The van der Waals surface area contributed by atoms with Crippen LogP contribution in [0.5, 0.6) is 0 Å². The van der Waals surface area contributed by atoms with Crippen molar-refractivity contribution in [1.82, 2.24) is 0 Å². The highest BCUT2D eigenvalue weighted by atomic mass is 28.2. The van der Waals surface area contributed by atoms with Gasteiger partial charge in [-0.3, -0.25) is 0 Å². The fourth-order valence-electron chi connectivity index (χ4n) is 0.764. The molecule has 0 rings (SSSR count). The zero-order chi connectivity index (χ0) is 10.5. The number of halogens is 4. The Balaban J connectivity index is 4.05. The van der Waals surface area contributed by atoms with Gasteiger partial charge in [0.05, 0.1) is 6.10 Å². The van der Waals surface area contributed by atoms with Crippen LogP contribution < -0.4 is 0 Å². The minimum absolute atomic E-state index is 0.0683. The molecule has 0 aliphatic carbocycles. The normalized spacial score (nSPS) is 15.9. The van der Waals surface area contributed by atoms with Gasteiger partial charge in [0.25, 0.3) is 0 Å². The second-order valence-electron chi connectivity index (χ2n) is 2.52. The molecule has 0 aromatic rings. The van der Waals surface area contributed by atoms with Gasteiger partial charge >= 0.3 is 12.5 Å². The Morgan fingerprint density at radius 1 is 1.46 bits per heavy atom. The average molecular weight is 220 g/mol. The zero-order valence-corrected chi connectivity index (χ0v) is 8.56. The molecule has 7 heteroatoms. The Kier molecular flexibility index (Phi) is 5.50. The molecule has 0 saturated carbocycles. The van der Waals surface area contributed by atoms with Crippen LogP contribution in [0.2, 0.25) is 6.04 Å². The molecule has 0 aliphatic heterocycles. The summed E-state index contributed by atoms with van der Waals surface area (Å²) in [5, 5.41) is 0. The summed E-state index contributed by atoms with van der Waals surface area (Å²) < 4.78 is 51.7. The van der Waals surface area contributed by atoms with Crippen LogP contribution in [-0.4, -0.2) is 33.2 Å². The van der Waals surface area contributed by atoms with Gasteiger partial charge in [-0.05, 0) is 12.5 Å². The number of hydrogen-bond acceptors (Lipinski definition) is 2. The van der Waals surface area contributed by atoms with Crippen molar-refractivity contribution in [2.45, 2.75) is 38.0 Å². The maximum atomic E-state index is 12.3. The first kappa shape index (κ1) is 12.9. The van der Waals surface area contributed by atoms with E-state index in [9.17, 15) is 17.6 Å². The van der Waals surface area contributed by atoms with Gasteiger partial charge in [-0.2, -0.15) is 8.78 Å². The Morgan fingerprint density at radius 3 is 2.31 bits per heavy atom. The monoisotopic (exact) mass is 220 g/mol. The van der Waals surface area contributed by atoms with Crippen molar-refractivity contribution in [2.24, 2.45) is 0 Å². The lowest BCUT2D eigenvalue weighted by Crippen LogP contribution is -2.35. The van der Waals surface area contributed by atoms with Crippen molar-refractivity contribution < 1.29 is 27.1 Å². The van der Waals surface area contributed by atoms with Crippen molar-refractivity contribution in [3.63, 3.8) is 0 Å². The van der Waals surface area contributed by atoms with Crippen molar-refractivity contribution in [3.05, 3.63) is 0 Å². The molecule has 0 saturated heterocycles. The van der Waals surface area contributed by atoms with Gasteiger partial charge in [-0.1, -0.05) is 6.92 Å².